The Labute approximate surface area is 169 Å². The fourth-order valence-corrected chi connectivity index (χ4v) is 3.37. The largest absolute Gasteiger partial charge is 0.478 e. The zero-order chi connectivity index (χ0) is 21.3. The summed E-state index contributed by atoms with van der Waals surface area (Å²) in [7, 11) is 3.83. The van der Waals surface area contributed by atoms with Gasteiger partial charge in [-0.15, -0.1) is 0 Å². The lowest BCUT2D eigenvalue weighted by Crippen LogP contribution is -2.37. The summed E-state index contributed by atoms with van der Waals surface area (Å²) in [6.07, 6.45) is 0.910. The molecule has 0 saturated heterocycles. The highest BCUT2D eigenvalue weighted by molar-refractivity contribution is 6.09. The summed E-state index contributed by atoms with van der Waals surface area (Å²) in [5, 5.41) is 17.3. The number of nitrogens with one attached hydrogen (secondary N) is 1. The molecule has 1 aliphatic rings. The van der Waals surface area contributed by atoms with Gasteiger partial charge in [-0.25, -0.2) is 9.18 Å². The van der Waals surface area contributed by atoms with Gasteiger partial charge in [-0.1, -0.05) is 0 Å². The van der Waals surface area contributed by atoms with Crippen molar-refractivity contribution in [2.24, 2.45) is 0 Å². The van der Waals surface area contributed by atoms with Gasteiger partial charge < -0.3 is 20.3 Å². The van der Waals surface area contributed by atoms with Crippen LogP contribution in [0.2, 0.25) is 0 Å². The lowest BCUT2D eigenvalue weighted by Gasteiger charge is -2.29. The molecule has 0 aromatic heterocycles. The van der Waals surface area contributed by atoms with E-state index in [1.54, 1.807) is 12.1 Å². The molecule has 1 aliphatic heterocycles. The predicted molar refractivity (Wildman–Crippen MR) is 110 cm³/mol. The molecule has 0 radical (unpaired) electrons. The van der Waals surface area contributed by atoms with Gasteiger partial charge in [-0.2, -0.15) is 0 Å². The van der Waals surface area contributed by atoms with Gasteiger partial charge in [0.25, 0.3) is 5.91 Å². The molecule has 1 heterocycles. The highest BCUT2D eigenvalue weighted by atomic mass is 19.1. The number of halogens is 1. The summed E-state index contributed by atoms with van der Waals surface area (Å²) in [6.45, 7) is 2.31. The topological polar surface area (TPSA) is 84.7 Å². The molecule has 0 aliphatic carbocycles. The smallest absolute Gasteiger partial charge is 0.335 e. The van der Waals surface area contributed by atoms with Crippen LogP contribution in [0.15, 0.2) is 36.4 Å². The van der Waals surface area contributed by atoms with E-state index in [0.717, 1.165) is 0 Å². The van der Waals surface area contributed by atoms with E-state index in [1.807, 2.05) is 25.9 Å². The van der Waals surface area contributed by atoms with Crippen molar-refractivity contribution >= 4 is 23.3 Å². The number of carbonyl (C=O) groups is 2. The van der Waals surface area contributed by atoms with Crippen LogP contribution < -0.4 is 4.90 Å². The molecule has 0 fully saturated rings. The number of fused-ring (bicyclic) bond motifs is 1. The summed E-state index contributed by atoms with van der Waals surface area (Å²) >= 11 is 0. The molecular weight excluding hydrogens is 373 g/mol. The molecule has 3 rings (SSSR count). The van der Waals surface area contributed by atoms with Crippen molar-refractivity contribution in [3.05, 3.63) is 64.5 Å². The summed E-state index contributed by atoms with van der Waals surface area (Å²) in [6, 6.07) is 9.03. The number of hydrogen-bond donors (Lipinski definition) is 2. The zero-order valence-electron chi connectivity index (χ0n) is 16.7. The number of carbonyl (C=O) groups excluding carboxylic acids is 1. The van der Waals surface area contributed by atoms with Crippen molar-refractivity contribution in [2.45, 2.75) is 25.8 Å². The first-order valence-corrected chi connectivity index (χ1v) is 9.41. The summed E-state index contributed by atoms with van der Waals surface area (Å²) in [4.78, 5) is 27.4. The Bertz CT molecular complexity index is 987. The number of amides is 1. The molecule has 1 atom stereocenters. The van der Waals surface area contributed by atoms with Crippen molar-refractivity contribution in [3.8, 4) is 0 Å². The van der Waals surface area contributed by atoms with Crippen LogP contribution >= 0.6 is 0 Å². The van der Waals surface area contributed by atoms with Gasteiger partial charge in [-0.05, 0) is 69.4 Å². The Kier molecular flexibility index (Phi) is 5.79. The average molecular weight is 397 g/mol. The van der Waals surface area contributed by atoms with E-state index in [4.69, 9.17) is 10.5 Å². The van der Waals surface area contributed by atoms with Gasteiger partial charge in [0.2, 0.25) is 0 Å². The second kappa shape index (κ2) is 8.13. The quantitative estimate of drug-likeness (QED) is 0.732. The van der Waals surface area contributed by atoms with Crippen LogP contribution in [-0.2, 0) is 6.42 Å². The maximum atomic E-state index is 14.7. The van der Waals surface area contributed by atoms with E-state index in [9.17, 15) is 14.0 Å². The molecule has 0 saturated carbocycles. The first-order chi connectivity index (χ1) is 13.7. The van der Waals surface area contributed by atoms with Crippen LogP contribution in [0.3, 0.4) is 0 Å². The Morgan fingerprint density at radius 1 is 1.28 bits per heavy atom. The van der Waals surface area contributed by atoms with Gasteiger partial charge in [0.05, 0.1) is 5.56 Å². The fraction of sp³-hybridized carbons (Fsp3) is 0.318. The molecule has 0 unspecified atom stereocenters. The maximum Gasteiger partial charge on any atom is 0.335 e. The number of anilines is 1. The minimum Gasteiger partial charge on any atom is -0.478 e. The number of carboxylic acid groups (broad SMARTS) is 1. The normalized spacial score (nSPS) is 14.7. The number of nitrogens with zero attached hydrogens (tertiary/aromatic N) is 2. The first kappa shape index (κ1) is 20.7. The van der Waals surface area contributed by atoms with E-state index in [-0.39, 0.29) is 28.8 Å². The molecule has 1 amide bonds. The molecule has 2 aromatic carbocycles. The van der Waals surface area contributed by atoms with E-state index < -0.39 is 11.8 Å². The summed E-state index contributed by atoms with van der Waals surface area (Å²) in [5.41, 5.74) is 2.13. The molecule has 6 nitrogen and oxygen atoms in total. The van der Waals surface area contributed by atoms with E-state index in [1.165, 1.54) is 29.2 Å². The number of carboxylic acids is 1. The first-order valence-electron chi connectivity index (χ1n) is 9.41. The maximum absolute atomic E-state index is 14.7. The average Bonchev–Trinajstić information content (AvgIpc) is 2.67. The third kappa shape index (κ3) is 4.19. The molecule has 0 bridgehead atoms. The molecular formula is C22H24FN3O3. The Morgan fingerprint density at radius 2 is 2.00 bits per heavy atom. The van der Waals surface area contributed by atoms with Crippen molar-refractivity contribution in [1.29, 1.82) is 5.41 Å². The predicted octanol–water partition coefficient (Wildman–Crippen LogP) is 3.43. The second-order valence-corrected chi connectivity index (χ2v) is 7.54. The highest BCUT2D eigenvalue weighted by Crippen LogP contribution is 2.27. The Hall–Kier alpha value is -3.06. The molecule has 2 N–H and O–H groups in total. The van der Waals surface area contributed by atoms with Gasteiger partial charge in [-0.3, -0.25) is 4.79 Å². The van der Waals surface area contributed by atoms with E-state index >= 15 is 0 Å². The third-order valence-corrected chi connectivity index (χ3v) is 5.40. The summed E-state index contributed by atoms with van der Waals surface area (Å²) in [5.74, 6) is -1.85. The van der Waals surface area contributed by atoms with Crippen LogP contribution in [0.4, 0.5) is 10.1 Å². The van der Waals surface area contributed by atoms with Crippen molar-refractivity contribution in [1.82, 2.24) is 4.90 Å². The number of aromatic carboxylic acids is 1. The van der Waals surface area contributed by atoms with Crippen LogP contribution in [0, 0.1) is 11.2 Å². The number of hydrogen-bond acceptors (Lipinski definition) is 4. The minimum atomic E-state index is -1.04. The monoisotopic (exact) mass is 397 g/mol. The summed E-state index contributed by atoms with van der Waals surface area (Å²) < 4.78 is 14.7. The second-order valence-electron chi connectivity index (χ2n) is 7.54. The number of rotatable bonds is 6. The third-order valence-electron chi connectivity index (χ3n) is 5.40. The molecule has 29 heavy (non-hydrogen) atoms. The lowest BCUT2D eigenvalue weighted by atomic mass is 9.95. The molecule has 152 valence electrons. The van der Waals surface area contributed by atoms with Gasteiger partial charge in [0.1, 0.15) is 5.82 Å². The minimum absolute atomic E-state index is 0.109. The Morgan fingerprint density at radius 3 is 2.62 bits per heavy atom. The van der Waals surface area contributed by atoms with E-state index in [0.29, 0.717) is 36.2 Å². The van der Waals surface area contributed by atoms with E-state index in [2.05, 4.69) is 0 Å². The van der Waals surface area contributed by atoms with Gasteiger partial charge in [0.15, 0.2) is 0 Å². The van der Waals surface area contributed by atoms with Crippen LogP contribution in [0.5, 0.6) is 0 Å². The standard InChI is InChI=1S/C22H24FN3O3/c1-13(25(2)3)10-20(24)18-7-5-16(12-19(18)23)26-9-8-14-11-15(22(28)29)4-6-17(14)21(26)27/h4-7,11-13,24H,8-10H2,1-3H3,(H,28,29)/t13-/m1/s1. The zero-order valence-corrected chi connectivity index (χ0v) is 16.7. The van der Waals surface area contributed by atoms with Crippen LogP contribution in [0.25, 0.3) is 0 Å². The SMILES string of the molecule is C[C@H](CC(=N)c1ccc(N2CCc3cc(C(=O)O)ccc3C2=O)cc1F)N(C)C. The lowest BCUT2D eigenvalue weighted by molar-refractivity contribution is 0.0696. The van der Waals surface area contributed by atoms with Gasteiger partial charge in [0, 0.05) is 41.5 Å². The molecule has 2 aromatic rings. The van der Waals surface area contributed by atoms with Gasteiger partial charge >= 0.3 is 5.97 Å². The van der Waals surface area contributed by atoms with Crippen LogP contribution in [0.1, 0.15) is 45.2 Å². The fourth-order valence-electron chi connectivity index (χ4n) is 3.37. The highest BCUT2D eigenvalue weighted by Gasteiger charge is 2.27. The number of benzene rings is 2. The van der Waals surface area contributed by atoms with Crippen molar-refractivity contribution < 1.29 is 19.1 Å². The molecule has 0 spiro atoms. The molecule has 7 heteroatoms. The van der Waals surface area contributed by atoms with Crippen molar-refractivity contribution in [3.63, 3.8) is 0 Å². The Balaban J connectivity index is 1.83. The van der Waals surface area contributed by atoms with Crippen molar-refractivity contribution in [2.75, 3.05) is 25.5 Å². The van der Waals surface area contributed by atoms with Crippen LogP contribution in [-0.4, -0.2) is 54.3 Å².